The van der Waals surface area contributed by atoms with Gasteiger partial charge in [0, 0.05) is 37.8 Å². The Hall–Kier alpha value is -3.81. The third-order valence-corrected chi connectivity index (χ3v) is 5.49. The van der Waals surface area contributed by atoms with E-state index in [4.69, 9.17) is 14.2 Å². The fourth-order valence-electron chi connectivity index (χ4n) is 3.72. The normalized spacial score (nSPS) is 13.5. The van der Waals surface area contributed by atoms with Crippen LogP contribution in [-0.4, -0.2) is 67.3 Å². The lowest BCUT2D eigenvalue weighted by molar-refractivity contribution is -0.133. The molecule has 0 radical (unpaired) electrons. The Labute approximate surface area is 193 Å². The molecule has 3 aromatic rings. The Morgan fingerprint density at radius 2 is 1.67 bits per heavy atom. The van der Waals surface area contributed by atoms with Crippen molar-refractivity contribution >= 4 is 11.7 Å². The molecule has 1 aliphatic rings. The van der Waals surface area contributed by atoms with Crippen molar-refractivity contribution in [2.75, 3.05) is 51.4 Å². The van der Waals surface area contributed by atoms with Crippen LogP contribution in [0.25, 0.3) is 11.3 Å². The predicted octanol–water partition coefficient (Wildman–Crippen LogP) is 3.28. The van der Waals surface area contributed by atoms with E-state index in [1.165, 1.54) is 0 Å². The molecule has 8 nitrogen and oxygen atoms in total. The molecule has 0 atom stereocenters. The highest BCUT2D eigenvalue weighted by atomic mass is 16.5. The molecule has 2 aromatic carbocycles. The summed E-state index contributed by atoms with van der Waals surface area (Å²) in [6.45, 7) is 5.19. The number of anilines is 1. The number of para-hydroxylation sites is 2. The number of hydrogen-bond acceptors (Lipinski definition) is 7. The van der Waals surface area contributed by atoms with Crippen molar-refractivity contribution < 1.29 is 19.0 Å². The highest BCUT2D eigenvalue weighted by Crippen LogP contribution is 2.26. The van der Waals surface area contributed by atoms with Crippen LogP contribution >= 0.6 is 0 Å². The Morgan fingerprint density at radius 1 is 0.939 bits per heavy atom. The molecule has 4 rings (SSSR count). The molecule has 172 valence electrons. The molecule has 0 aliphatic carbocycles. The second-order valence-corrected chi connectivity index (χ2v) is 7.53. The number of rotatable bonds is 8. The fourth-order valence-corrected chi connectivity index (χ4v) is 3.72. The minimum Gasteiger partial charge on any atom is -0.494 e. The summed E-state index contributed by atoms with van der Waals surface area (Å²) in [4.78, 5) is 25.5. The van der Waals surface area contributed by atoms with E-state index in [0.29, 0.717) is 44.3 Å². The van der Waals surface area contributed by atoms with Gasteiger partial charge in [-0.2, -0.15) is 0 Å². The van der Waals surface area contributed by atoms with Gasteiger partial charge in [-0.1, -0.05) is 12.1 Å². The second-order valence-electron chi connectivity index (χ2n) is 7.53. The summed E-state index contributed by atoms with van der Waals surface area (Å²) in [5, 5.41) is 0. The zero-order chi connectivity index (χ0) is 23.0. The van der Waals surface area contributed by atoms with Crippen molar-refractivity contribution in [1.82, 2.24) is 14.9 Å². The highest BCUT2D eigenvalue weighted by molar-refractivity contribution is 5.78. The van der Waals surface area contributed by atoms with E-state index in [1.807, 2.05) is 60.4 Å². The van der Waals surface area contributed by atoms with Crippen LogP contribution in [0.3, 0.4) is 0 Å². The summed E-state index contributed by atoms with van der Waals surface area (Å²) in [5.74, 6) is 2.83. The maximum atomic E-state index is 12.6. The van der Waals surface area contributed by atoms with Gasteiger partial charge in [0.15, 0.2) is 18.1 Å². The van der Waals surface area contributed by atoms with E-state index in [2.05, 4.69) is 14.9 Å². The van der Waals surface area contributed by atoms with E-state index in [1.54, 1.807) is 19.5 Å². The van der Waals surface area contributed by atoms with Gasteiger partial charge in [0.05, 0.1) is 19.4 Å². The fraction of sp³-hybridized carbons (Fsp3) is 0.320. The molecule has 33 heavy (non-hydrogen) atoms. The Morgan fingerprint density at radius 3 is 2.36 bits per heavy atom. The monoisotopic (exact) mass is 448 g/mol. The van der Waals surface area contributed by atoms with Crippen LogP contribution in [-0.2, 0) is 4.79 Å². The first-order valence-corrected chi connectivity index (χ1v) is 11.0. The average Bonchev–Trinajstić information content (AvgIpc) is 2.88. The van der Waals surface area contributed by atoms with E-state index in [-0.39, 0.29) is 12.5 Å². The van der Waals surface area contributed by atoms with Gasteiger partial charge >= 0.3 is 0 Å². The molecule has 1 fully saturated rings. The van der Waals surface area contributed by atoms with Crippen LogP contribution in [0, 0.1) is 0 Å². The molecule has 8 heteroatoms. The number of nitrogens with zero attached hydrogens (tertiary/aromatic N) is 4. The molecule has 0 bridgehead atoms. The molecule has 1 saturated heterocycles. The Kier molecular flexibility index (Phi) is 7.24. The molecule has 0 N–H and O–H groups in total. The van der Waals surface area contributed by atoms with Gasteiger partial charge in [0.25, 0.3) is 5.91 Å². The summed E-state index contributed by atoms with van der Waals surface area (Å²) in [5.41, 5.74) is 1.86. The smallest absolute Gasteiger partial charge is 0.260 e. The molecule has 0 saturated carbocycles. The van der Waals surface area contributed by atoms with Crippen molar-refractivity contribution in [2.24, 2.45) is 0 Å². The molecule has 0 spiro atoms. The van der Waals surface area contributed by atoms with Crippen molar-refractivity contribution in [3.05, 3.63) is 60.9 Å². The molecule has 0 unspecified atom stereocenters. The van der Waals surface area contributed by atoms with Gasteiger partial charge in [0.1, 0.15) is 17.9 Å². The van der Waals surface area contributed by atoms with Crippen LogP contribution in [0.4, 0.5) is 5.82 Å². The van der Waals surface area contributed by atoms with Crippen LogP contribution in [0.2, 0.25) is 0 Å². The Bertz CT molecular complexity index is 1070. The van der Waals surface area contributed by atoms with Gasteiger partial charge in [-0.3, -0.25) is 4.79 Å². The lowest BCUT2D eigenvalue weighted by Gasteiger charge is -2.35. The van der Waals surface area contributed by atoms with Crippen molar-refractivity contribution in [3.8, 4) is 28.5 Å². The van der Waals surface area contributed by atoms with Gasteiger partial charge in [0.2, 0.25) is 0 Å². The lowest BCUT2D eigenvalue weighted by atomic mass is 10.1. The predicted molar refractivity (Wildman–Crippen MR) is 126 cm³/mol. The number of ether oxygens (including phenoxy) is 3. The minimum atomic E-state index is -0.0432. The van der Waals surface area contributed by atoms with Gasteiger partial charge < -0.3 is 24.0 Å². The summed E-state index contributed by atoms with van der Waals surface area (Å²) >= 11 is 0. The zero-order valence-corrected chi connectivity index (χ0v) is 18.9. The molecule has 1 amide bonds. The van der Waals surface area contributed by atoms with E-state index < -0.39 is 0 Å². The van der Waals surface area contributed by atoms with Gasteiger partial charge in [-0.15, -0.1) is 0 Å². The third-order valence-electron chi connectivity index (χ3n) is 5.49. The zero-order valence-electron chi connectivity index (χ0n) is 18.9. The van der Waals surface area contributed by atoms with Crippen LogP contribution < -0.4 is 19.1 Å². The summed E-state index contributed by atoms with van der Waals surface area (Å²) in [7, 11) is 1.58. The molecule has 2 heterocycles. The van der Waals surface area contributed by atoms with Crippen LogP contribution in [0.5, 0.6) is 17.2 Å². The van der Waals surface area contributed by atoms with Crippen LogP contribution in [0.1, 0.15) is 6.92 Å². The van der Waals surface area contributed by atoms with E-state index in [0.717, 1.165) is 22.8 Å². The standard InChI is InChI=1S/C25H28N4O4/c1-3-32-20-10-8-19(9-11-20)21-16-24(27-18-26-21)28-12-14-29(15-13-28)25(30)17-33-23-7-5-4-6-22(23)31-2/h4-11,16,18H,3,12-15,17H2,1-2H3. The number of piperazine rings is 1. The number of benzene rings is 2. The first-order chi connectivity index (χ1) is 16.2. The maximum Gasteiger partial charge on any atom is 0.260 e. The summed E-state index contributed by atoms with van der Waals surface area (Å²) in [6, 6.07) is 17.2. The molecular formula is C25H28N4O4. The van der Waals surface area contributed by atoms with Crippen molar-refractivity contribution in [1.29, 1.82) is 0 Å². The number of amides is 1. The molecule has 1 aromatic heterocycles. The quantitative estimate of drug-likeness (QED) is 0.523. The summed E-state index contributed by atoms with van der Waals surface area (Å²) in [6.07, 6.45) is 1.58. The second kappa shape index (κ2) is 10.7. The van der Waals surface area contributed by atoms with Gasteiger partial charge in [-0.25, -0.2) is 9.97 Å². The third kappa shape index (κ3) is 5.52. The highest BCUT2D eigenvalue weighted by Gasteiger charge is 2.23. The minimum absolute atomic E-state index is 0.0181. The number of hydrogen-bond donors (Lipinski definition) is 0. The maximum absolute atomic E-state index is 12.6. The number of aromatic nitrogens is 2. The van der Waals surface area contributed by atoms with Crippen molar-refractivity contribution in [2.45, 2.75) is 6.92 Å². The van der Waals surface area contributed by atoms with Gasteiger partial charge in [-0.05, 0) is 43.3 Å². The first-order valence-electron chi connectivity index (χ1n) is 11.0. The van der Waals surface area contributed by atoms with E-state index in [9.17, 15) is 4.79 Å². The topological polar surface area (TPSA) is 77.0 Å². The Balaban J connectivity index is 1.33. The SMILES string of the molecule is CCOc1ccc(-c2cc(N3CCN(C(=O)COc4ccccc4OC)CC3)ncn2)cc1. The van der Waals surface area contributed by atoms with Crippen molar-refractivity contribution in [3.63, 3.8) is 0 Å². The lowest BCUT2D eigenvalue weighted by Crippen LogP contribution is -2.50. The number of carbonyl (C=O) groups excluding carboxylic acids is 1. The average molecular weight is 449 g/mol. The number of methoxy groups -OCH3 is 1. The first kappa shape index (κ1) is 22.4. The largest absolute Gasteiger partial charge is 0.494 e. The molecule has 1 aliphatic heterocycles. The summed E-state index contributed by atoms with van der Waals surface area (Å²) < 4.78 is 16.5. The molecular weight excluding hydrogens is 420 g/mol. The number of carbonyl (C=O) groups is 1. The van der Waals surface area contributed by atoms with E-state index >= 15 is 0 Å². The van der Waals surface area contributed by atoms with Crippen LogP contribution in [0.15, 0.2) is 60.9 Å².